The van der Waals surface area contributed by atoms with E-state index >= 15 is 0 Å². The maximum Gasteiger partial charge on any atom is 0.274 e. The number of benzene rings is 2. The molecule has 8 nitrogen and oxygen atoms in total. The molecule has 0 aliphatic heterocycles. The average Bonchev–Trinajstić information content (AvgIpc) is 3.18. The molecule has 0 fully saturated rings. The van der Waals surface area contributed by atoms with Gasteiger partial charge in [0.15, 0.2) is 5.65 Å². The molecule has 1 amide bonds. The largest absolute Gasteiger partial charge is 0.321 e. The predicted octanol–water partition coefficient (Wildman–Crippen LogP) is 4.59. The van der Waals surface area contributed by atoms with Gasteiger partial charge in [-0.3, -0.25) is 14.9 Å². The van der Waals surface area contributed by atoms with Crippen LogP contribution in [0.25, 0.3) is 22.3 Å². The third-order valence-corrected chi connectivity index (χ3v) is 4.97. The molecule has 150 valence electrons. The van der Waals surface area contributed by atoms with Crippen molar-refractivity contribution in [2.75, 3.05) is 5.32 Å². The fourth-order valence-corrected chi connectivity index (χ4v) is 3.37. The molecule has 0 aliphatic carbocycles. The third kappa shape index (κ3) is 3.39. The van der Waals surface area contributed by atoms with Gasteiger partial charge in [-0.25, -0.2) is 9.67 Å². The zero-order valence-corrected chi connectivity index (χ0v) is 16.5. The SMILES string of the molecule is CCn1ncc2c(C(=O)Nc3cccc([N+](=O)[O-])c3C)cc(-c3ccccc3)nc21. The molecule has 0 aliphatic rings. The van der Waals surface area contributed by atoms with Gasteiger partial charge in [-0.15, -0.1) is 0 Å². The maximum atomic E-state index is 13.2. The highest BCUT2D eigenvalue weighted by molar-refractivity contribution is 6.13. The molecule has 0 bridgehead atoms. The summed E-state index contributed by atoms with van der Waals surface area (Å²) in [6, 6.07) is 15.9. The highest BCUT2D eigenvalue weighted by atomic mass is 16.6. The normalized spacial score (nSPS) is 10.9. The van der Waals surface area contributed by atoms with E-state index in [0.717, 1.165) is 5.56 Å². The molecule has 4 aromatic rings. The molecule has 8 heteroatoms. The predicted molar refractivity (Wildman–Crippen MR) is 114 cm³/mol. The molecular formula is C22H19N5O3. The number of amides is 1. The number of nitro groups is 1. The first-order valence-electron chi connectivity index (χ1n) is 9.47. The van der Waals surface area contributed by atoms with E-state index in [4.69, 9.17) is 4.98 Å². The van der Waals surface area contributed by atoms with Crippen LogP contribution in [0.15, 0.2) is 60.8 Å². The van der Waals surface area contributed by atoms with Gasteiger partial charge in [0.05, 0.1) is 39.0 Å². The summed E-state index contributed by atoms with van der Waals surface area (Å²) in [7, 11) is 0. The van der Waals surface area contributed by atoms with Crippen molar-refractivity contribution in [2.45, 2.75) is 20.4 Å². The molecule has 0 unspecified atom stereocenters. The number of nitro benzene ring substituents is 1. The van der Waals surface area contributed by atoms with Gasteiger partial charge in [-0.1, -0.05) is 36.4 Å². The number of carbonyl (C=O) groups excluding carboxylic acids is 1. The molecular weight excluding hydrogens is 382 g/mol. The average molecular weight is 401 g/mol. The number of aryl methyl sites for hydroxylation is 1. The second-order valence-electron chi connectivity index (χ2n) is 6.78. The topological polar surface area (TPSA) is 103 Å². The Morgan fingerprint density at radius 2 is 1.93 bits per heavy atom. The lowest BCUT2D eigenvalue weighted by Crippen LogP contribution is -2.14. The van der Waals surface area contributed by atoms with E-state index in [2.05, 4.69) is 10.4 Å². The summed E-state index contributed by atoms with van der Waals surface area (Å²) < 4.78 is 1.73. The van der Waals surface area contributed by atoms with Crippen LogP contribution in [0.2, 0.25) is 0 Å². The van der Waals surface area contributed by atoms with Crippen molar-refractivity contribution in [1.82, 2.24) is 14.8 Å². The van der Waals surface area contributed by atoms with Crippen LogP contribution in [0.1, 0.15) is 22.8 Å². The van der Waals surface area contributed by atoms with Gasteiger partial charge in [0.1, 0.15) is 0 Å². The number of aromatic nitrogens is 3. The minimum Gasteiger partial charge on any atom is -0.321 e. The molecule has 2 aromatic carbocycles. The van der Waals surface area contributed by atoms with Crippen LogP contribution < -0.4 is 5.32 Å². The van der Waals surface area contributed by atoms with Crippen molar-refractivity contribution in [2.24, 2.45) is 0 Å². The second-order valence-corrected chi connectivity index (χ2v) is 6.78. The zero-order chi connectivity index (χ0) is 21.3. The lowest BCUT2D eigenvalue weighted by Gasteiger charge is -2.11. The fraction of sp³-hybridized carbons (Fsp3) is 0.136. The van der Waals surface area contributed by atoms with Gasteiger partial charge in [-0.05, 0) is 26.0 Å². The number of nitrogens with one attached hydrogen (secondary N) is 1. The van der Waals surface area contributed by atoms with Crippen LogP contribution in [0.3, 0.4) is 0 Å². The Bertz CT molecular complexity index is 1260. The molecule has 1 N–H and O–H groups in total. The molecule has 30 heavy (non-hydrogen) atoms. The number of nitrogens with zero attached hydrogens (tertiary/aromatic N) is 4. The van der Waals surface area contributed by atoms with Gasteiger partial charge < -0.3 is 5.32 Å². The van der Waals surface area contributed by atoms with Crippen LogP contribution in [0, 0.1) is 17.0 Å². The molecule has 0 saturated carbocycles. The summed E-state index contributed by atoms with van der Waals surface area (Å²) in [6.07, 6.45) is 1.62. The molecule has 0 atom stereocenters. The lowest BCUT2D eigenvalue weighted by atomic mass is 10.1. The molecule has 0 spiro atoms. The first-order valence-corrected chi connectivity index (χ1v) is 9.47. The minimum atomic E-state index is -0.464. The Hall–Kier alpha value is -4.07. The molecule has 2 aromatic heterocycles. The number of fused-ring (bicyclic) bond motifs is 1. The van der Waals surface area contributed by atoms with E-state index < -0.39 is 4.92 Å². The lowest BCUT2D eigenvalue weighted by molar-refractivity contribution is -0.385. The standard InChI is InChI=1S/C22H19N5O3/c1-3-26-21-17(13-23-26)16(12-19(24-21)15-8-5-4-6-9-15)22(28)25-18-10-7-11-20(14(18)2)27(29)30/h4-13H,3H2,1-2H3,(H,25,28). The molecule has 2 heterocycles. The van der Waals surface area contributed by atoms with E-state index in [1.54, 1.807) is 36.0 Å². The Labute approximate surface area is 172 Å². The van der Waals surface area contributed by atoms with Gasteiger partial charge >= 0.3 is 0 Å². The third-order valence-electron chi connectivity index (χ3n) is 4.97. The molecule has 0 saturated heterocycles. The summed E-state index contributed by atoms with van der Waals surface area (Å²) >= 11 is 0. The van der Waals surface area contributed by atoms with Crippen molar-refractivity contribution in [1.29, 1.82) is 0 Å². The van der Waals surface area contributed by atoms with Crippen molar-refractivity contribution in [3.8, 4) is 11.3 Å². The van der Waals surface area contributed by atoms with E-state index in [-0.39, 0.29) is 11.6 Å². The number of carbonyl (C=O) groups is 1. The van der Waals surface area contributed by atoms with Crippen LogP contribution in [0.4, 0.5) is 11.4 Å². The second kappa shape index (κ2) is 7.75. The van der Waals surface area contributed by atoms with E-state index in [1.165, 1.54) is 6.07 Å². The Balaban J connectivity index is 1.82. The highest BCUT2D eigenvalue weighted by Gasteiger charge is 2.20. The Kier molecular flexibility index (Phi) is 4.97. The first kappa shape index (κ1) is 19.3. The molecule has 0 radical (unpaired) electrons. The number of anilines is 1. The van der Waals surface area contributed by atoms with Crippen molar-refractivity contribution in [3.63, 3.8) is 0 Å². The van der Waals surface area contributed by atoms with Gasteiger partial charge in [0.2, 0.25) is 0 Å². The van der Waals surface area contributed by atoms with Crippen LogP contribution in [0.5, 0.6) is 0 Å². The van der Waals surface area contributed by atoms with E-state index in [0.29, 0.717) is 40.1 Å². The Morgan fingerprint density at radius 3 is 2.63 bits per heavy atom. The van der Waals surface area contributed by atoms with Crippen molar-refractivity contribution >= 4 is 28.3 Å². The maximum absolute atomic E-state index is 13.2. The van der Waals surface area contributed by atoms with Gasteiger partial charge in [0.25, 0.3) is 11.6 Å². The zero-order valence-electron chi connectivity index (χ0n) is 16.5. The number of rotatable bonds is 5. The van der Waals surface area contributed by atoms with E-state index in [9.17, 15) is 14.9 Å². The van der Waals surface area contributed by atoms with E-state index in [1.807, 2.05) is 37.3 Å². The first-order chi connectivity index (χ1) is 14.5. The summed E-state index contributed by atoms with van der Waals surface area (Å²) in [4.78, 5) is 28.7. The van der Waals surface area contributed by atoms with Crippen LogP contribution >= 0.6 is 0 Å². The van der Waals surface area contributed by atoms with Gasteiger partial charge in [0, 0.05) is 18.2 Å². The Morgan fingerprint density at radius 1 is 1.17 bits per heavy atom. The van der Waals surface area contributed by atoms with Gasteiger partial charge in [-0.2, -0.15) is 5.10 Å². The smallest absolute Gasteiger partial charge is 0.274 e. The summed E-state index contributed by atoms with van der Waals surface area (Å²) in [5.41, 5.74) is 3.29. The van der Waals surface area contributed by atoms with Crippen LogP contribution in [-0.4, -0.2) is 25.6 Å². The fourth-order valence-electron chi connectivity index (χ4n) is 3.37. The number of hydrogen-bond donors (Lipinski definition) is 1. The number of pyridine rings is 1. The van der Waals surface area contributed by atoms with Crippen molar-refractivity contribution in [3.05, 3.63) is 82.0 Å². The van der Waals surface area contributed by atoms with Crippen LogP contribution in [-0.2, 0) is 6.54 Å². The minimum absolute atomic E-state index is 0.0450. The summed E-state index contributed by atoms with van der Waals surface area (Å²) in [5, 5.41) is 19.0. The number of hydrogen-bond acceptors (Lipinski definition) is 5. The monoisotopic (exact) mass is 401 g/mol. The summed E-state index contributed by atoms with van der Waals surface area (Å²) in [5.74, 6) is -0.376. The quantitative estimate of drug-likeness (QED) is 0.389. The molecule has 4 rings (SSSR count). The van der Waals surface area contributed by atoms with Crippen molar-refractivity contribution < 1.29 is 9.72 Å². The highest BCUT2D eigenvalue weighted by Crippen LogP contribution is 2.28. The summed E-state index contributed by atoms with van der Waals surface area (Å²) in [6.45, 7) is 4.18.